The molecule has 4 rings (SSSR count). The van der Waals surface area contributed by atoms with E-state index in [0.29, 0.717) is 34.4 Å². The second-order valence-corrected chi connectivity index (χ2v) is 7.82. The van der Waals surface area contributed by atoms with E-state index in [-0.39, 0.29) is 18.2 Å². The van der Waals surface area contributed by atoms with Gasteiger partial charge in [-0.25, -0.2) is 0 Å². The Kier molecular flexibility index (Phi) is 4.44. The molecule has 1 fully saturated rings. The number of fused-ring (bicyclic) bond motifs is 2. The van der Waals surface area contributed by atoms with Crippen LogP contribution < -0.4 is 10.6 Å². The van der Waals surface area contributed by atoms with Crippen LogP contribution in [0.1, 0.15) is 23.3 Å². The van der Waals surface area contributed by atoms with Crippen molar-refractivity contribution >= 4 is 22.4 Å². The van der Waals surface area contributed by atoms with Gasteiger partial charge in [0, 0.05) is 12.6 Å². The first-order valence-corrected chi connectivity index (χ1v) is 9.43. The third kappa shape index (κ3) is 3.69. The van der Waals surface area contributed by atoms with Crippen molar-refractivity contribution in [2.24, 2.45) is 11.8 Å². The number of carbonyl (C=O) groups is 1. The van der Waals surface area contributed by atoms with E-state index in [2.05, 4.69) is 27.8 Å². The molecule has 1 saturated carbocycles. The van der Waals surface area contributed by atoms with Crippen LogP contribution in [0.15, 0.2) is 42.5 Å². The maximum absolute atomic E-state index is 12.1. The van der Waals surface area contributed by atoms with E-state index in [1.165, 1.54) is 17.8 Å². The lowest BCUT2D eigenvalue weighted by molar-refractivity contribution is -0.120. The minimum Gasteiger partial charge on any atom is -0.492 e. The van der Waals surface area contributed by atoms with E-state index >= 15 is 0 Å². The van der Waals surface area contributed by atoms with Crippen LogP contribution in [0, 0.1) is 11.8 Å². The van der Waals surface area contributed by atoms with Crippen LogP contribution in [0.5, 0.6) is 5.88 Å². The van der Waals surface area contributed by atoms with Gasteiger partial charge in [-0.1, -0.05) is 53.8 Å². The van der Waals surface area contributed by atoms with Gasteiger partial charge in [0.2, 0.25) is 11.8 Å². The molecule has 130 valence electrons. The number of hydrogen-bond donors (Lipinski definition) is 3. The van der Waals surface area contributed by atoms with E-state index in [1.54, 1.807) is 0 Å². The van der Waals surface area contributed by atoms with Crippen molar-refractivity contribution in [2.45, 2.75) is 31.8 Å². The van der Waals surface area contributed by atoms with Gasteiger partial charge in [-0.15, -0.1) is 0 Å². The van der Waals surface area contributed by atoms with Gasteiger partial charge < -0.3 is 15.7 Å². The Hall–Kier alpha value is -2.34. The molecule has 1 aromatic heterocycles. The summed E-state index contributed by atoms with van der Waals surface area (Å²) in [5.74, 6) is 1.09. The topological polar surface area (TPSA) is 74.2 Å². The predicted molar refractivity (Wildman–Crippen MR) is 98.5 cm³/mol. The zero-order chi connectivity index (χ0) is 17.2. The van der Waals surface area contributed by atoms with Crippen LogP contribution in [0.2, 0.25) is 0 Å². The van der Waals surface area contributed by atoms with Crippen LogP contribution in [0.25, 0.3) is 0 Å². The molecular weight excluding hydrogens is 334 g/mol. The Balaban J connectivity index is 1.32. The summed E-state index contributed by atoms with van der Waals surface area (Å²) in [4.78, 5) is 16.9. The Morgan fingerprint density at radius 1 is 1.24 bits per heavy atom. The quantitative estimate of drug-likeness (QED) is 0.696. The molecule has 0 spiro atoms. The van der Waals surface area contributed by atoms with Crippen molar-refractivity contribution in [2.75, 3.05) is 5.32 Å². The van der Waals surface area contributed by atoms with E-state index < -0.39 is 0 Å². The number of thiazole rings is 1. The van der Waals surface area contributed by atoms with Crippen molar-refractivity contribution in [1.29, 1.82) is 0 Å². The second kappa shape index (κ2) is 6.88. The molecule has 3 N–H and O–H groups in total. The number of rotatable bonds is 6. The molecule has 1 aromatic carbocycles. The lowest BCUT2D eigenvalue weighted by Gasteiger charge is -2.18. The van der Waals surface area contributed by atoms with E-state index in [4.69, 9.17) is 0 Å². The minimum atomic E-state index is -0.114. The molecule has 1 heterocycles. The summed E-state index contributed by atoms with van der Waals surface area (Å²) >= 11 is 1.37. The second-order valence-electron chi connectivity index (χ2n) is 6.74. The van der Waals surface area contributed by atoms with Crippen molar-refractivity contribution in [1.82, 2.24) is 10.3 Å². The molecule has 5 nitrogen and oxygen atoms in total. The molecular formula is C19H21N3O2S. The average Bonchev–Trinajstić information content (AvgIpc) is 3.31. The van der Waals surface area contributed by atoms with Crippen LogP contribution >= 0.6 is 11.3 Å². The Morgan fingerprint density at radius 3 is 2.80 bits per heavy atom. The monoisotopic (exact) mass is 355 g/mol. The van der Waals surface area contributed by atoms with Gasteiger partial charge in [-0.3, -0.25) is 4.79 Å². The van der Waals surface area contributed by atoms with E-state index in [9.17, 15) is 9.90 Å². The number of aromatic hydroxyl groups is 1. The standard InChI is InChI=1S/C19H21N3O2S/c23-17(20-11-12-4-2-1-3-5-12)10-16-18(24)22-19(25-16)21-15-9-13-6-7-14(15)8-13/h1-7,13-15,24H,8-11H2,(H,20,23)(H,21,22). The first-order chi connectivity index (χ1) is 12.2. The summed E-state index contributed by atoms with van der Waals surface area (Å²) in [6.07, 6.45) is 7.05. The maximum Gasteiger partial charge on any atom is 0.227 e. The first kappa shape index (κ1) is 16.1. The fourth-order valence-electron chi connectivity index (χ4n) is 3.63. The number of anilines is 1. The van der Waals surface area contributed by atoms with Gasteiger partial charge in [0.25, 0.3) is 0 Å². The number of benzene rings is 1. The van der Waals surface area contributed by atoms with Gasteiger partial charge in [-0.2, -0.15) is 4.98 Å². The molecule has 2 aromatic rings. The van der Waals surface area contributed by atoms with Crippen molar-refractivity contribution < 1.29 is 9.90 Å². The molecule has 2 aliphatic carbocycles. The van der Waals surface area contributed by atoms with Crippen LogP contribution in [0.4, 0.5) is 5.13 Å². The summed E-state index contributed by atoms with van der Waals surface area (Å²) in [7, 11) is 0. The number of aromatic nitrogens is 1. The highest BCUT2D eigenvalue weighted by Gasteiger charge is 2.36. The summed E-state index contributed by atoms with van der Waals surface area (Å²) in [6, 6.07) is 10.2. The summed E-state index contributed by atoms with van der Waals surface area (Å²) in [5, 5.41) is 17.0. The van der Waals surface area contributed by atoms with Crippen LogP contribution in [-0.4, -0.2) is 22.0 Å². The highest BCUT2D eigenvalue weighted by molar-refractivity contribution is 7.16. The third-order valence-corrected chi connectivity index (χ3v) is 5.89. The fourth-order valence-corrected chi connectivity index (χ4v) is 4.55. The number of amides is 1. The molecule has 6 heteroatoms. The van der Waals surface area contributed by atoms with Gasteiger partial charge in [0.05, 0.1) is 11.3 Å². The van der Waals surface area contributed by atoms with Gasteiger partial charge in [-0.05, 0) is 30.2 Å². The van der Waals surface area contributed by atoms with Crippen molar-refractivity contribution in [3.8, 4) is 5.88 Å². The van der Waals surface area contributed by atoms with Crippen LogP contribution in [-0.2, 0) is 17.8 Å². The smallest absolute Gasteiger partial charge is 0.227 e. The maximum atomic E-state index is 12.1. The molecule has 0 aliphatic heterocycles. The highest BCUT2D eigenvalue weighted by atomic mass is 32.1. The van der Waals surface area contributed by atoms with Gasteiger partial charge >= 0.3 is 0 Å². The number of nitrogens with one attached hydrogen (secondary N) is 2. The van der Waals surface area contributed by atoms with E-state index in [0.717, 1.165) is 12.0 Å². The minimum absolute atomic E-state index is 0.0407. The van der Waals surface area contributed by atoms with Crippen molar-refractivity contribution in [3.63, 3.8) is 0 Å². The predicted octanol–water partition coefficient (Wildman–Crippen LogP) is 3.08. The molecule has 25 heavy (non-hydrogen) atoms. The summed E-state index contributed by atoms with van der Waals surface area (Å²) in [5.41, 5.74) is 1.05. The normalized spacial score (nSPS) is 23.8. The average molecular weight is 355 g/mol. The van der Waals surface area contributed by atoms with Crippen LogP contribution in [0.3, 0.4) is 0 Å². The lowest BCUT2D eigenvalue weighted by Crippen LogP contribution is -2.24. The molecule has 2 aliphatic rings. The lowest BCUT2D eigenvalue weighted by atomic mass is 10.0. The summed E-state index contributed by atoms with van der Waals surface area (Å²) < 4.78 is 0. The van der Waals surface area contributed by atoms with Gasteiger partial charge in [0.15, 0.2) is 5.13 Å². The third-order valence-electron chi connectivity index (χ3n) is 4.92. The number of nitrogens with zero attached hydrogens (tertiary/aromatic N) is 1. The Labute approximate surface area is 150 Å². The first-order valence-electron chi connectivity index (χ1n) is 8.61. The molecule has 3 unspecified atom stereocenters. The van der Waals surface area contributed by atoms with E-state index in [1.807, 2.05) is 30.3 Å². The number of allylic oxidation sites excluding steroid dienone is 1. The Bertz CT molecular complexity index is 787. The molecule has 1 amide bonds. The Morgan fingerprint density at radius 2 is 2.08 bits per heavy atom. The largest absolute Gasteiger partial charge is 0.492 e. The zero-order valence-corrected chi connectivity index (χ0v) is 14.6. The zero-order valence-electron chi connectivity index (χ0n) is 13.8. The summed E-state index contributed by atoms with van der Waals surface area (Å²) in [6.45, 7) is 0.488. The van der Waals surface area contributed by atoms with Gasteiger partial charge in [0.1, 0.15) is 0 Å². The molecule has 0 saturated heterocycles. The number of carbonyl (C=O) groups excluding carboxylic acids is 1. The fraction of sp³-hybridized carbons (Fsp3) is 0.368. The van der Waals surface area contributed by atoms with Crippen molar-refractivity contribution in [3.05, 3.63) is 52.9 Å². The SMILES string of the molecule is O=C(Cc1sc(NC2CC3C=CC2C3)nc1O)NCc1ccccc1. The molecule has 2 bridgehead atoms. The molecule has 0 radical (unpaired) electrons. The highest BCUT2D eigenvalue weighted by Crippen LogP contribution is 2.41. The number of hydrogen-bond acceptors (Lipinski definition) is 5. The molecule has 3 atom stereocenters.